The van der Waals surface area contributed by atoms with Crippen LogP contribution in [0.4, 0.5) is 5.69 Å². The van der Waals surface area contributed by atoms with Gasteiger partial charge in [-0.05, 0) is 61.2 Å². The van der Waals surface area contributed by atoms with Crippen LogP contribution in [-0.4, -0.2) is 41.2 Å². The second-order valence-corrected chi connectivity index (χ2v) is 8.50. The molecule has 2 aliphatic rings. The number of rotatable bonds is 7. The molecule has 1 heterocycles. The molecule has 1 aliphatic heterocycles. The minimum Gasteiger partial charge on any atom is -0.427 e. The highest BCUT2D eigenvalue weighted by Gasteiger charge is 2.46. The van der Waals surface area contributed by atoms with E-state index in [1.165, 1.54) is 19.1 Å². The van der Waals surface area contributed by atoms with E-state index in [0.717, 1.165) is 23.3 Å². The lowest BCUT2D eigenvalue weighted by molar-refractivity contribution is -0.139. The lowest BCUT2D eigenvalue weighted by Crippen LogP contribution is -2.47. The van der Waals surface area contributed by atoms with Crippen molar-refractivity contribution < 1.29 is 23.9 Å². The number of anilines is 1. The maximum atomic E-state index is 13.2. The Morgan fingerprint density at radius 3 is 2.47 bits per heavy atom. The van der Waals surface area contributed by atoms with E-state index < -0.39 is 17.9 Å². The molecule has 1 saturated heterocycles. The molecule has 166 valence electrons. The molecule has 0 aromatic heterocycles. The molecular formula is C24H23ClN2O5. The van der Waals surface area contributed by atoms with Crippen LogP contribution in [0.3, 0.4) is 0 Å². The minimum atomic E-state index is -0.831. The minimum absolute atomic E-state index is 0.0570. The molecule has 1 saturated carbocycles. The summed E-state index contributed by atoms with van der Waals surface area (Å²) in [7, 11) is 0. The number of amides is 3. The summed E-state index contributed by atoms with van der Waals surface area (Å²) in [6, 6.07) is 12.7. The van der Waals surface area contributed by atoms with Gasteiger partial charge in [-0.15, -0.1) is 0 Å². The molecule has 2 aromatic rings. The Morgan fingerprint density at radius 1 is 1.12 bits per heavy atom. The summed E-state index contributed by atoms with van der Waals surface area (Å²) in [5.74, 6) is -1.07. The van der Waals surface area contributed by atoms with E-state index in [4.69, 9.17) is 16.3 Å². The van der Waals surface area contributed by atoms with Gasteiger partial charge in [0.15, 0.2) is 0 Å². The Kier molecular flexibility index (Phi) is 6.28. The van der Waals surface area contributed by atoms with Crippen molar-refractivity contribution in [2.24, 2.45) is 5.92 Å². The number of halogens is 1. The monoisotopic (exact) mass is 454 g/mol. The van der Waals surface area contributed by atoms with Crippen molar-refractivity contribution >= 4 is 41.0 Å². The fourth-order valence-electron chi connectivity index (χ4n) is 3.89. The molecular weight excluding hydrogens is 432 g/mol. The first kappa shape index (κ1) is 22.0. The number of hydrogen-bond donors (Lipinski definition) is 0. The Hall–Kier alpha value is -3.19. The molecule has 1 unspecified atom stereocenters. The maximum Gasteiger partial charge on any atom is 0.308 e. The zero-order valence-electron chi connectivity index (χ0n) is 17.6. The van der Waals surface area contributed by atoms with Gasteiger partial charge in [0.05, 0.1) is 12.1 Å². The molecule has 7 nitrogen and oxygen atoms in total. The van der Waals surface area contributed by atoms with Crippen LogP contribution in [0.2, 0.25) is 5.02 Å². The van der Waals surface area contributed by atoms with E-state index in [2.05, 4.69) is 0 Å². The molecule has 4 rings (SSSR count). The number of carbonyl (C=O) groups excluding carboxylic acids is 4. The van der Waals surface area contributed by atoms with Gasteiger partial charge in [0.2, 0.25) is 11.8 Å². The fraction of sp³-hybridized carbons (Fsp3) is 0.333. The highest BCUT2D eigenvalue weighted by atomic mass is 35.5. The van der Waals surface area contributed by atoms with Gasteiger partial charge in [-0.3, -0.25) is 19.2 Å². The molecule has 1 aliphatic carbocycles. The number of ether oxygens (including phenoxy) is 1. The molecule has 2 aromatic carbocycles. The van der Waals surface area contributed by atoms with Gasteiger partial charge < -0.3 is 9.64 Å². The summed E-state index contributed by atoms with van der Waals surface area (Å²) in [5.41, 5.74) is 1.34. The third-order valence-corrected chi connectivity index (χ3v) is 5.83. The number of benzene rings is 2. The van der Waals surface area contributed by atoms with E-state index >= 15 is 0 Å². The topological polar surface area (TPSA) is 84.0 Å². The van der Waals surface area contributed by atoms with E-state index in [0.29, 0.717) is 29.4 Å². The van der Waals surface area contributed by atoms with Gasteiger partial charge in [-0.1, -0.05) is 23.7 Å². The zero-order chi connectivity index (χ0) is 22.8. The first-order valence-corrected chi connectivity index (χ1v) is 10.9. The van der Waals surface area contributed by atoms with Crippen LogP contribution >= 0.6 is 11.6 Å². The summed E-state index contributed by atoms with van der Waals surface area (Å²) in [5, 5.41) is 0.609. The summed E-state index contributed by atoms with van der Waals surface area (Å²) in [4.78, 5) is 52.7. The van der Waals surface area contributed by atoms with Gasteiger partial charge >= 0.3 is 5.97 Å². The van der Waals surface area contributed by atoms with E-state index in [1.54, 1.807) is 23.1 Å². The van der Waals surface area contributed by atoms with Gasteiger partial charge in [0, 0.05) is 24.4 Å². The highest BCUT2D eigenvalue weighted by Crippen LogP contribution is 2.34. The molecule has 0 bridgehead atoms. The molecule has 1 atom stereocenters. The lowest BCUT2D eigenvalue weighted by Gasteiger charge is -2.28. The van der Waals surface area contributed by atoms with Gasteiger partial charge in [-0.2, -0.15) is 0 Å². The van der Waals surface area contributed by atoms with Crippen LogP contribution in [0.5, 0.6) is 5.75 Å². The number of imide groups is 1. The van der Waals surface area contributed by atoms with Crippen molar-refractivity contribution in [3.8, 4) is 5.75 Å². The molecule has 0 N–H and O–H groups in total. The molecule has 0 spiro atoms. The highest BCUT2D eigenvalue weighted by molar-refractivity contribution is 6.30. The van der Waals surface area contributed by atoms with Crippen molar-refractivity contribution in [2.45, 2.75) is 38.6 Å². The van der Waals surface area contributed by atoms with E-state index in [9.17, 15) is 19.2 Å². The normalized spacial score (nSPS) is 18.1. The van der Waals surface area contributed by atoms with Crippen LogP contribution in [0.15, 0.2) is 48.5 Å². The average Bonchev–Trinajstić information content (AvgIpc) is 3.55. The summed E-state index contributed by atoms with van der Waals surface area (Å²) >= 11 is 6.06. The summed E-state index contributed by atoms with van der Waals surface area (Å²) in [6.45, 7) is 1.62. The molecule has 3 amide bonds. The standard InChI is InChI=1S/C24H23ClN2O5/c1-15(28)32-20-9-7-19(8-10-20)27-22(29)14-21(24(27)31)26(23(30)17-5-6-17)12-11-16-3-2-4-18(25)13-16/h2-4,7-10,13,17,21H,5-6,11-12,14H2,1H3. The van der Waals surface area contributed by atoms with Crippen LogP contribution in [0.25, 0.3) is 0 Å². The Morgan fingerprint density at radius 2 is 1.84 bits per heavy atom. The first-order valence-electron chi connectivity index (χ1n) is 10.5. The van der Waals surface area contributed by atoms with E-state index in [-0.39, 0.29) is 24.2 Å². The third-order valence-electron chi connectivity index (χ3n) is 5.60. The molecule has 2 fully saturated rings. The molecule has 32 heavy (non-hydrogen) atoms. The van der Waals surface area contributed by atoms with Gasteiger partial charge in [-0.25, -0.2) is 4.90 Å². The second-order valence-electron chi connectivity index (χ2n) is 8.06. The summed E-state index contributed by atoms with van der Waals surface area (Å²) < 4.78 is 5.00. The maximum absolute atomic E-state index is 13.2. The Bertz CT molecular complexity index is 1060. The molecule has 8 heteroatoms. The van der Waals surface area contributed by atoms with Crippen molar-refractivity contribution in [3.63, 3.8) is 0 Å². The quantitative estimate of drug-likeness (QED) is 0.364. The zero-order valence-corrected chi connectivity index (χ0v) is 18.4. The van der Waals surface area contributed by atoms with Crippen LogP contribution in [0, 0.1) is 5.92 Å². The van der Waals surface area contributed by atoms with Crippen molar-refractivity contribution in [3.05, 3.63) is 59.1 Å². The summed E-state index contributed by atoms with van der Waals surface area (Å²) in [6.07, 6.45) is 2.10. The number of nitrogens with zero attached hydrogens (tertiary/aromatic N) is 2. The largest absolute Gasteiger partial charge is 0.427 e. The van der Waals surface area contributed by atoms with Crippen LogP contribution < -0.4 is 9.64 Å². The predicted octanol–water partition coefficient (Wildman–Crippen LogP) is 3.38. The van der Waals surface area contributed by atoms with Gasteiger partial charge in [0.25, 0.3) is 5.91 Å². The van der Waals surface area contributed by atoms with Crippen molar-refractivity contribution in [2.75, 3.05) is 11.4 Å². The average molecular weight is 455 g/mol. The number of hydrogen-bond acceptors (Lipinski definition) is 5. The molecule has 0 radical (unpaired) electrons. The lowest BCUT2D eigenvalue weighted by atomic mass is 10.1. The first-order chi connectivity index (χ1) is 15.3. The Balaban J connectivity index is 1.52. The predicted molar refractivity (Wildman–Crippen MR) is 118 cm³/mol. The third kappa shape index (κ3) is 4.83. The van der Waals surface area contributed by atoms with Crippen molar-refractivity contribution in [1.82, 2.24) is 4.90 Å². The van der Waals surface area contributed by atoms with Gasteiger partial charge in [0.1, 0.15) is 11.8 Å². The van der Waals surface area contributed by atoms with Crippen molar-refractivity contribution in [1.29, 1.82) is 0 Å². The number of esters is 1. The fourth-order valence-corrected chi connectivity index (χ4v) is 4.10. The Labute approximate surface area is 190 Å². The van der Waals surface area contributed by atoms with Crippen LogP contribution in [0.1, 0.15) is 31.7 Å². The number of carbonyl (C=O) groups is 4. The SMILES string of the molecule is CC(=O)Oc1ccc(N2C(=O)CC(N(CCc3cccc(Cl)c3)C(=O)C3CC3)C2=O)cc1. The second kappa shape index (κ2) is 9.12. The smallest absolute Gasteiger partial charge is 0.308 e. The van der Waals surface area contributed by atoms with E-state index in [1.807, 2.05) is 18.2 Å². The van der Waals surface area contributed by atoms with Crippen LogP contribution in [-0.2, 0) is 25.6 Å².